The molecule has 0 fully saturated rings. The van der Waals surface area contributed by atoms with Crippen LogP contribution < -0.4 is 4.80 Å². The van der Waals surface area contributed by atoms with Crippen LogP contribution in [0, 0.1) is 10.1 Å². The third-order valence-electron chi connectivity index (χ3n) is 3.72. The number of nitro groups is 1. The Morgan fingerprint density at radius 1 is 1.29 bits per heavy atom. The molecule has 0 aliphatic rings. The van der Waals surface area contributed by atoms with Gasteiger partial charge in [-0.3, -0.25) is 15.1 Å². The van der Waals surface area contributed by atoms with Crippen LogP contribution in [-0.2, 0) is 0 Å². The molecule has 1 aromatic heterocycles. The fourth-order valence-corrected chi connectivity index (χ4v) is 3.59. The number of nitro benzene ring substituents is 1. The molecule has 2 aromatic carbocycles. The van der Waals surface area contributed by atoms with Crippen LogP contribution in [0.2, 0.25) is 0 Å². The summed E-state index contributed by atoms with van der Waals surface area (Å²) in [7, 11) is 0. The van der Waals surface area contributed by atoms with Crippen LogP contribution in [-0.4, -0.2) is 27.5 Å². The minimum Gasteiger partial charge on any atom is -0.507 e. The second kappa shape index (κ2) is 8.77. The van der Waals surface area contributed by atoms with Gasteiger partial charge >= 0.3 is 0 Å². The topological polar surface area (TPSA) is 93.0 Å². The van der Waals surface area contributed by atoms with Crippen molar-refractivity contribution in [3.8, 4) is 17.0 Å². The second-order valence-electron chi connectivity index (χ2n) is 5.60. The van der Waals surface area contributed by atoms with Crippen molar-refractivity contribution in [2.24, 2.45) is 10.1 Å². The van der Waals surface area contributed by atoms with E-state index in [4.69, 9.17) is 0 Å². The van der Waals surface area contributed by atoms with E-state index >= 15 is 0 Å². The van der Waals surface area contributed by atoms with Gasteiger partial charge in [-0.2, -0.15) is 5.10 Å². The summed E-state index contributed by atoms with van der Waals surface area (Å²) in [5, 5.41) is 27.3. The molecule has 0 saturated carbocycles. The summed E-state index contributed by atoms with van der Waals surface area (Å²) in [4.78, 5) is 15.5. The Balaban J connectivity index is 2.08. The molecule has 0 aliphatic heterocycles. The van der Waals surface area contributed by atoms with Crippen LogP contribution in [0.5, 0.6) is 5.75 Å². The highest BCUT2D eigenvalue weighted by atomic mass is 79.9. The van der Waals surface area contributed by atoms with E-state index in [9.17, 15) is 15.2 Å². The zero-order valence-electron chi connectivity index (χ0n) is 14.5. The summed E-state index contributed by atoms with van der Waals surface area (Å²) < 4.78 is 2.45. The van der Waals surface area contributed by atoms with E-state index in [1.54, 1.807) is 41.1 Å². The van der Waals surface area contributed by atoms with Crippen molar-refractivity contribution in [2.75, 3.05) is 6.54 Å². The van der Waals surface area contributed by atoms with Gasteiger partial charge in [0, 0.05) is 33.1 Å². The summed E-state index contributed by atoms with van der Waals surface area (Å²) in [5.74, 6) is 0.101. The van der Waals surface area contributed by atoms with Gasteiger partial charge in [0.2, 0.25) is 4.80 Å². The molecule has 0 amide bonds. The lowest BCUT2D eigenvalue weighted by Gasteiger charge is -2.04. The number of aromatic hydroxyl groups is 1. The summed E-state index contributed by atoms with van der Waals surface area (Å²) in [6, 6.07) is 11.3. The molecule has 28 heavy (non-hydrogen) atoms. The number of hydrogen-bond donors (Lipinski definition) is 1. The summed E-state index contributed by atoms with van der Waals surface area (Å²) in [5.41, 5.74) is 2.05. The smallest absolute Gasteiger partial charge is 0.269 e. The van der Waals surface area contributed by atoms with E-state index in [-0.39, 0.29) is 11.4 Å². The minimum atomic E-state index is -0.440. The van der Waals surface area contributed by atoms with Gasteiger partial charge in [0.25, 0.3) is 5.69 Å². The monoisotopic (exact) mass is 458 g/mol. The van der Waals surface area contributed by atoms with E-state index in [1.807, 2.05) is 5.38 Å². The van der Waals surface area contributed by atoms with Crippen LogP contribution in [0.1, 0.15) is 5.56 Å². The number of thiazole rings is 1. The Kier molecular flexibility index (Phi) is 6.17. The van der Waals surface area contributed by atoms with Crippen LogP contribution in [0.4, 0.5) is 5.69 Å². The molecule has 1 N–H and O–H groups in total. The van der Waals surface area contributed by atoms with E-state index < -0.39 is 4.92 Å². The molecule has 0 atom stereocenters. The highest BCUT2D eigenvalue weighted by Crippen LogP contribution is 2.24. The molecule has 0 radical (unpaired) electrons. The largest absolute Gasteiger partial charge is 0.507 e. The van der Waals surface area contributed by atoms with Gasteiger partial charge in [-0.15, -0.1) is 17.9 Å². The van der Waals surface area contributed by atoms with Crippen molar-refractivity contribution in [1.82, 2.24) is 4.68 Å². The average molecular weight is 459 g/mol. The molecule has 3 rings (SSSR count). The van der Waals surface area contributed by atoms with E-state index in [0.29, 0.717) is 16.9 Å². The summed E-state index contributed by atoms with van der Waals surface area (Å²) >= 11 is 4.76. The molecule has 0 spiro atoms. The fraction of sp³-hybridized carbons (Fsp3) is 0.0526. The number of halogens is 1. The van der Waals surface area contributed by atoms with Gasteiger partial charge in [0.05, 0.1) is 23.4 Å². The zero-order chi connectivity index (χ0) is 20.1. The number of rotatable bonds is 6. The van der Waals surface area contributed by atoms with E-state index in [2.05, 4.69) is 32.6 Å². The Morgan fingerprint density at radius 2 is 2.04 bits per heavy atom. The van der Waals surface area contributed by atoms with Gasteiger partial charge in [-0.1, -0.05) is 22.0 Å². The van der Waals surface area contributed by atoms with Crippen LogP contribution in [0.15, 0.2) is 75.1 Å². The Hall–Kier alpha value is -3.04. The van der Waals surface area contributed by atoms with E-state index in [1.165, 1.54) is 29.7 Å². The molecule has 0 unspecified atom stereocenters. The Bertz CT molecular complexity index is 1120. The number of hydrogen-bond acceptors (Lipinski definition) is 6. The number of benzene rings is 2. The molecule has 3 aromatic rings. The number of non-ortho nitro benzene ring substituents is 1. The lowest BCUT2D eigenvalue weighted by molar-refractivity contribution is -0.384. The van der Waals surface area contributed by atoms with Crippen LogP contribution in [0.3, 0.4) is 0 Å². The molecule has 9 heteroatoms. The van der Waals surface area contributed by atoms with E-state index in [0.717, 1.165) is 15.7 Å². The molecular formula is C19H15BrN4O3S. The van der Waals surface area contributed by atoms with Crippen molar-refractivity contribution in [1.29, 1.82) is 0 Å². The molecular weight excluding hydrogens is 444 g/mol. The third-order valence-corrected chi connectivity index (χ3v) is 5.06. The van der Waals surface area contributed by atoms with Crippen molar-refractivity contribution >= 4 is 39.2 Å². The van der Waals surface area contributed by atoms with Gasteiger partial charge in [0.1, 0.15) is 5.75 Å². The van der Waals surface area contributed by atoms with Crippen LogP contribution in [0.25, 0.3) is 11.3 Å². The van der Waals surface area contributed by atoms with Crippen molar-refractivity contribution in [3.63, 3.8) is 0 Å². The molecule has 0 saturated heterocycles. The van der Waals surface area contributed by atoms with Gasteiger partial charge in [-0.25, -0.2) is 4.68 Å². The first-order valence-corrected chi connectivity index (χ1v) is 9.76. The number of phenols is 1. The Labute approximate surface area is 172 Å². The van der Waals surface area contributed by atoms with Crippen LogP contribution >= 0.6 is 27.3 Å². The van der Waals surface area contributed by atoms with Gasteiger partial charge < -0.3 is 5.11 Å². The standard InChI is InChI=1S/C19H15BrN4O3S/c1-2-9-21-19-23(22-11-14-10-15(20)5-8-18(14)25)17(12-28-19)13-3-6-16(7-4-13)24(26)27/h2-8,10-12,25H,1,9H2. The maximum absolute atomic E-state index is 10.9. The number of aromatic nitrogens is 1. The molecule has 7 nitrogen and oxygen atoms in total. The first-order chi connectivity index (χ1) is 13.5. The van der Waals surface area contributed by atoms with Crippen molar-refractivity contribution < 1.29 is 10.0 Å². The summed E-state index contributed by atoms with van der Waals surface area (Å²) in [6.45, 7) is 4.10. The lowest BCUT2D eigenvalue weighted by atomic mass is 10.1. The predicted octanol–water partition coefficient (Wildman–Crippen LogP) is 4.56. The number of phenolic OH excluding ortho intramolecular Hbond substituents is 1. The predicted molar refractivity (Wildman–Crippen MR) is 114 cm³/mol. The SMILES string of the molecule is C=CCN=c1scc(-c2ccc([N+](=O)[O-])cc2)n1N=Cc1cc(Br)ccc1O. The normalized spacial score (nSPS) is 11.8. The molecule has 1 heterocycles. The highest BCUT2D eigenvalue weighted by molar-refractivity contribution is 9.10. The first kappa shape index (κ1) is 19.7. The minimum absolute atomic E-state index is 0.0182. The average Bonchev–Trinajstić information content (AvgIpc) is 3.09. The number of nitrogens with zero attached hydrogens (tertiary/aromatic N) is 4. The Morgan fingerprint density at radius 3 is 2.71 bits per heavy atom. The van der Waals surface area contributed by atoms with Gasteiger partial charge in [-0.05, 0) is 30.3 Å². The summed E-state index contributed by atoms with van der Waals surface area (Å²) in [6.07, 6.45) is 3.22. The highest BCUT2D eigenvalue weighted by Gasteiger charge is 2.10. The molecule has 142 valence electrons. The maximum Gasteiger partial charge on any atom is 0.269 e. The molecule has 0 aliphatic carbocycles. The van der Waals surface area contributed by atoms with Gasteiger partial charge in [0.15, 0.2) is 0 Å². The first-order valence-electron chi connectivity index (χ1n) is 8.09. The van der Waals surface area contributed by atoms with Crippen molar-refractivity contribution in [3.05, 3.63) is 85.5 Å². The zero-order valence-corrected chi connectivity index (χ0v) is 16.9. The second-order valence-corrected chi connectivity index (χ2v) is 7.35. The lowest BCUT2D eigenvalue weighted by Crippen LogP contribution is -2.12. The molecule has 0 bridgehead atoms. The quantitative estimate of drug-likeness (QED) is 0.254. The van der Waals surface area contributed by atoms with Crippen molar-refractivity contribution in [2.45, 2.75) is 0 Å². The maximum atomic E-state index is 10.9. The fourth-order valence-electron chi connectivity index (χ4n) is 2.36. The third kappa shape index (κ3) is 4.44.